The maximum Gasteiger partial charge on any atom is 0.226 e. The van der Waals surface area contributed by atoms with Crippen LogP contribution < -0.4 is 5.73 Å². The lowest BCUT2D eigenvalue weighted by atomic mass is 10.1. The van der Waals surface area contributed by atoms with Crippen LogP contribution in [0.1, 0.15) is 18.6 Å². The van der Waals surface area contributed by atoms with Crippen molar-refractivity contribution in [3.05, 3.63) is 34.3 Å². The van der Waals surface area contributed by atoms with Crippen molar-refractivity contribution >= 4 is 21.8 Å². The minimum absolute atomic E-state index is 0.0456. The molecule has 1 aliphatic rings. The Hall–Kier alpha value is -0.910. The molecule has 2 unspecified atom stereocenters. The first-order valence-electron chi connectivity index (χ1n) is 6.47. The SMILES string of the molecule is CC(CN)C(=O)N1CCOC(c2ccc(Br)cc2)C1. The van der Waals surface area contributed by atoms with Crippen LogP contribution in [-0.2, 0) is 9.53 Å². The van der Waals surface area contributed by atoms with Crippen LogP contribution in [0.3, 0.4) is 0 Å². The first kappa shape index (κ1) is 14.5. The number of carbonyl (C=O) groups excluding carboxylic acids is 1. The molecule has 104 valence electrons. The van der Waals surface area contributed by atoms with Crippen molar-refractivity contribution in [3.63, 3.8) is 0 Å². The monoisotopic (exact) mass is 326 g/mol. The molecule has 1 aromatic rings. The van der Waals surface area contributed by atoms with Gasteiger partial charge in [0.15, 0.2) is 0 Å². The van der Waals surface area contributed by atoms with E-state index in [9.17, 15) is 4.79 Å². The molecule has 19 heavy (non-hydrogen) atoms. The third-order valence-electron chi connectivity index (χ3n) is 3.40. The summed E-state index contributed by atoms with van der Waals surface area (Å²) in [6.45, 7) is 4.08. The zero-order chi connectivity index (χ0) is 13.8. The van der Waals surface area contributed by atoms with Gasteiger partial charge in [0.1, 0.15) is 6.10 Å². The van der Waals surface area contributed by atoms with Gasteiger partial charge in [0.25, 0.3) is 0 Å². The number of rotatable bonds is 3. The first-order valence-corrected chi connectivity index (χ1v) is 7.27. The van der Waals surface area contributed by atoms with Crippen LogP contribution in [0, 0.1) is 5.92 Å². The molecule has 1 fully saturated rings. The van der Waals surface area contributed by atoms with Gasteiger partial charge in [-0.3, -0.25) is 4.79 Å². The predicted octanol–water partition coefficient (Wildman–Crippen LogP) is 1.94. The van der Waals surface area contributed by atoms with E-state index in [1.165, 1.54) is 0 Å². The fourth-order valence-corrected chi connectivity index (χ4v) is 2.41. The van der Waals surface area contributed by atoms with Crippen molar-refractivity contribution in [1.29, 1.82) is 0 Å². The van der Waals surface area contributed by atoms with Gasteiger partial charge in [-0.2, -0.15) is 0 Å². The highest BCUT2D eigenvalue weighted by molar-refractivity contribution is 9.10. The Balaban J connectivity index is 2.04. The molecule has 0 aromatic heterocycles. The molecule has 0 saturated carbocycles. The molecule has 2 atom stereocenters. The van der Waals surface area contributed by atoms with Gasteiger partial charge >= 0.3 is 0 Å². The van der Waals surface area contributed by atoms with Crippen molar-refractivity contribution in [1.82, 2.24) is 4.90 Å². The van der Waals surface area contributed by atoms with E-state index in [1.54, 1.807) is 0 Å². The number of morpholine rings is 1. The molecule has 0 aliphatic carbocycles. The summed E-state index contributed by atoms with van der Waals surface area (Å²) in [5, 5.41) is 0. The van der Waals surface area contributed by atoms with Gasteiger partial charge in [-0.15, -0.1) is 0 Å². The Morgan fingerprint density at radius 1 is 1.53 bits per heavy atom. The molecule has 1 amide bonds. The van der Waals surface area contributed by atoms with Crippen molar-refractivity contribution < 1.29 is 9.53 Å². The van der Waals surface area contributed by atoms with Gasteiger partial charge in [-0.1, -0.05) is 35.0 Å². The number of amides is 1. The number of hydrogen-bond donors (Lipinski definition) is 1. The highest BCUT2D eigenvalue weighted by atomic mass is 79.9. The summed E-state index contributed by atoms with van der Waals surface area (Å²) in [6.07, 6.45) is -0.0456. The van der Waals surface area contributed by atoms with E-state index in [0.29, 0.717) is 26.2 Å². The average Bonchev–Trinajstić information content (AvgIpc) is 2.46. The van der Waals surface area contributed by atoms with E-state index in [0.717, 1.165) is 10.0 Å². The molecule has 2 N–H and O–H groups in total. The molecule has 5 heteroatoms. The summed E-state index contributed by atoms with van der Waals surface area (Å²) in [6, 6.07) is 8.02. The number of nitrogens with zero attached hydrogens (tertiary/aromatic N) is 1. The molecule has 1 saturated heterocycles. The van der Waals surface area contributed by atoms with E-state index in [4.69, 9.17) is 10.5 Å². The first-order chi connectivity index (χ1) is 9.11. The summed E-state index contributed by atoms with van der Waals surface area (Å²) in [5.74, 6) is -0.00317. The maximum atomic E-state index is 12.1. The molecule has 1 heterocycles. The fraction of sp³-hybridized carbons (Fsp3) is 0.500. The van der Waals surface area contributed by atoms with Crippen molar-refractivity contribution in [3.8, 4) is 0 Å². The number of benzene rings is 1. The van der Waals surface area contributed by atoms with Crippen molar-refractivity contribution in [2.24, 2.45) is 11.7 Å². The van der Waals surface area contributed by atoms with Gasteiger partial charge in [0, 0.05) is 23.5 Å². The lowest BCUT2D eigenvalue weighted by Gasteiger charge is -2.34. The Bertz CT molecular complexity index is 436. The highest BCUT2D eigenvalue weighted by Gasteiger charge is 2.27. The third kappa shape index (κ3) is 3.55. The Labute approximate surface area is 122 Å². The largest absolute Gasteiger partial charge is 0.370 e. The fourth-order valence-electron chi connectivity index (χ4n) is 2.14. The molecular formula is C14H19BrN2O2. The normalized spacial score (nSPS) is 21.2. The summed E-state index contributed by atoms with van der Waals surface area (Å²) in [5.41, 5.74) is 6.66. The van der Waals surface area contributed by atoms with Crippen LogP contribution in [-0.4, -0.2) is 37.0 Å². The zero-order valence-corrected chi connectivity index (χ0v) is 12.6. The Morgan fingerprint density at radius 3 is 2.84 bits per heavy atom. The van der Waals surface area contributed by atoms with E-state index >= 15 is 0 Å². The number of ether oxygens (including phenoxy) is 1. The third-order valence-corrected chi connectivity index (χ3v) is 3.92. The molecule has 0 radical (unpaired) electrons. The second-order valence-electron chi connectivity index (χ2n) is 4.83. The van der Waals surface area contributed by atoms with Gasteiger partial charge in [-0.25, -0.2) is 0 Å². The maximum absolute atomic E-state index is 12.1. The number of carbonyl (C=O) groups is 1. The molecule has 0 spiro atoms. The van der Waals surface area contributed by atoms with Crippen LogP contribution in [0.2, 0.25) is 0 Å². The Morgan fingerprint density at radius 2 is 2.21 bits per heavy atom. The van der Waals surface area contributed by atoms with Crippen LogP contribution in [0.4, 0.5) is 0 Å². The van der Waals surface area contributed by atoms with Crippen LogP contribution in [0.5, 0.6) is 0 Å². The van der Waals surface area contributed by atoms with E-state index in [1.807, 2.05) is 36.1 Å². The van der Waals surface area contributed by atoms with Crippen molar-refractivity contribution in [2.45, 2.75) is 13.0 Å². The molecule has 2 rings (SSSR count). The second kappa shape index (κ2) is 6.50. The molecule has 0 bridgehead atoms. The topological polar surface area (TPSA) is 55.6 Å². The average molecular weight is 327 g/mol. The van der Waals surface area contributed by atoms with Gasteiger partial charge < -0.3 is 15.4 Å². The number of halogens is 1. The summed E-state index contributed by atoms with van der Waals surface area (Å²) >= 11 is 3.41. The van der Waals surface area contributed by atoms with E-state index in [2.05, 4.69) is 15.9 Å². The summed E-state index contributed by atoms with van der Waals surface area (Å²) < 4.78 is 6.80. The van der Waals surface area contributed by atoms with Crippen LogP contribution in [0.25, 0.3) is 0 Å². The quantitative estimate of drug-likeness (QED) is 0.923. The summed E-state index contributed by atoms with van der Waals surface area (Å²) in [4.78, 5) is 14.0. The smallest absolute Gasteiger partial charge is 0.226 e. The van der Waals surface area contributed by atoms with Gasteiger partial charge in [0.2, 0.25) is 5.91 Å². The number of hydrogen-bond acceptors (Lipinski definition) is 3. The minimum atomic E-state index is -0.122. The molecule has 1 aliphatic heterocycles. The van der Waals surface area contributed by atoms with E-state index in [-0.39, 0.29) is 17.9 Å². The van der Waals surface area contributed by atoms with Gasteiger partial charge in [0.05, 0.1) is 13.2 Å². The Kier molecular flexibility index (Phi) is 4.96. The predicted molar refractivity (Wildman–Crippen MR) is 77.6 cm³/mol. The van der Waals surface area contributed by atoms with Crippen LogP contribution in [0.15, 0.2) is 28.7 Å². The van der Waals surface area contributed by atoms with E-state index < -0.39 is 0 Å². The van der Waals surface area contributed by atoms with Crippen LogP contribution >= 0.6 is 15.9 Å². The van der Waals surface area contributed by atoms with Gasteiger partial charge in [-0.05, 0) is 17.7 Å². The van der Waals surface area contributed by atoms with Crippen molar-refractivity contribution in [2.75, 3.05) is 26.2 Å². The summed E-state index contributed by atoms with van der Waals surface area (Å²) in [7, 11) is 0. The lowest BCUT2D eigenvalue weighted by Crippen LogP contribution is -2.45. The highest BCUT2D eigenvalue weighted by Crippen LogP contribution is 2.24. The lowest BCUT2D eigenvalue weighted by molar-refractivity contribution is -0.142. The zero-order valence-electron chi connectivity index (χ0n) is 11.0. The second-order valence-corrected chi connectivity index (χ2v) is 5.75. The molecule has 1 aromatic carbocycles. The number of nitrogens with two attached hydrogens (primary N) is 1. The molecule has 4 nitrogen and oxygen atoms in total. The molecular weight excluding hydrogens is 308 g/mol. The standard InChI is InChI=1S/C14H19BrN2O2/c1-10(8-16)14(18)17-6-7-19-13(9-17)11-2-4-12(15)5-3-11/h2-5,10,13H,6-9,16H2,1H3. The minimum Gasteiger partial charge on any atom is -0.370 e.